The topological polar surface area (TPSA) is 62.9 Å². The molecule has 0 radical (unpaired) electrons. The van der Waals surface area contributed by atoms with Crippen LogP contribution in [0.15, 0.2) is 19.6 Å². The van der Waals surface area contributed by atoms with Gasteiger partial charge >= 0.3 is 5.97 Å². The van der Waals surface area contributed by atoms with Crippen LogP contribution in [-0.4, -0.2) is 41.8 Å². The number of hydrogen-bond acceptors (Lipinski definition) is 4. The van der Waals surface area contributed by atoms with Crippen molar-refractivity contribution in [3.05, 3.63) is 21.0 Å². The summed E-state index contributed by atoms with van der Waals surface area (Å²) in [5, 5.41) is 8.75. The molecule has 100 valence electrons. The van der Waals surface area contributed by atoms with Crippen LogP contribution in [0.1, 0.15) is 12.2 Å². The summed E-state index contributed by atoms with van der Waals surface area (Å²) in [4.78, 5) is 12.8. The van der Waals surface area contributed by atoms with Gasteiger partial charge in [-0.3, -0.25) is 9.69 Å². The van der Waals surface area contributed by atoms with Crippen LogP contribution < -0.4 is 0 Å². The number of nitrogens with zero attached hydrogens (tertiary/aromatic N) is 1. The van der Waals surface area contributed by atoms with Gasteiger partial charge in [-0.1, -0.05) is 0 Å². The van der Waals surface area contributed by atoms with Gasteiger partial charge in [-0.2, -0.15) is 0 Å². The van der Waals surface area contributed by atoms with Crippen molar-refractivity contribution in [1.82, 2.24) is 4.90 Å². The van der Waals surface area contributed by atoms with Crippen molar-refractivity contribution in [2.24, 2.45) is 0 Å². The molecular weight excluding hydrogens is 370 g/mol. The number of ether oxygens (including phenoxy) is 1. The van der Waals surface area contributed by atoms with E-state index in [1.165, 1.54) is 0 Å². The zero-order chi connectivity index (χ0) is 13.1. The second-order valence-electron chi connectivity index (χ2n) is 4.16. The molecule has 1 aliphatic rings. The summed E-state index contributed by atoms with van der Waals surface area (Å²) in [6, 6.07) is 1.91. The maximum absolute atomic E-state index is 10.7. The SMILES string of the molecule is O=C(O)CC1CN(Cc2cc(Br)c(Br)o2)CCO1. The van der Waals surface area contributed by atoms with Gasteiger partial charge in [0.1, 0.15) is 5.76 Å². The van der Waals surface area contributed by atoms with E-state index in [0.29, 0.717) is 24.4 Å². The van der Waals surface area contributed by atoms with Crippen LogP contribution in [0.3, 0.4) is 0 Å². The Morgan fingerprint density at radius 3 is 2.94 bits per heavy atom. The number of morpholine rings is 1. The molecule has 0 aliphatic carbocycles. The summed E-state index contributed by atoms with van der Waals surface area (Å²) in [6.07, 6.45) is -0.194. The molecule has 1 aromatic rings. The van der Waals surface area contributed by atoms with Crippen molar-refractivity contribution in [2.45, 2.75) is 19.1 Å². The number of halogens is 2. The van der Waals surface area contributed by atoms with Crippen LogP contribution in [0.5, 0.6) is 0 Å². The standard InChI is InChI=1S/C11H13Br2NO4/c12-9-3-8(18-11(9)13)6-14-1-2-17-7(5-14)4-10(15)16/h3,7H,1-2,4-6H2,(H,15,16). The van der Waals surface area contributed by atoms with Gasteiger partial charge in [0, 0.05) is 13.1 Å². The third kappa shape index (κ3) is 3.81. The first-order valence-corrected chi connectivity index (χ1v) is 7.12. The Morgan fingerprint density at radius 2 is 2.33 bits per heavy atom. The third-order valence-electron chi connectivity index (χ3n) is 2.70. The average Bonchev–Trinajstić information content (AvgIpc) is 2.57. The molecule has 0 aromatic carbocycles. The van der Waals surface area contributed by atoms with Crippen molar-refractivity contribution in [1.29, 1.82) is 0 Å². The highest BCUT2D eigenvalue weighted by Gasteiger charge is 2.23. The summed E-state index contributed by atoms with van der Waals surface area (Å²) < 4.78 is 12.5. The zero-order valence-electron chi connectivity index (χ0n) is 9.57. The van der Waals surface area contributed by atoms with E-state index in [0.717, 1.165) is 16.8 Å². The molecule has 0 amide bonds. The lowest BCUT2D eigenvalue weighted by molar-refractivity contribution is -0.142. The summed E-state index contributed by atoms with van der Waals surface area (Å²) >= 11 is 6.65. The van der Waals surface area contributed by atoms with E-state index in [9.17, 15) is 4.79 Å². The van der Waals surface area contributed by atoms with Crippen LogP contribution in [0, 0.1) is 0 Å². The van der Waals surface area contributed by atoms with Gasteiger partial charge in [0.15, 0.2) is 4.67 Å². The second kappa shape index (κ2) is 6.18. The number of carboxylic acid groups (broad SMARTS) is 1. The number of hydrogen-bond donors (Lipinski definition) is 1. The predicted molar refractivity (Wildman–Crippen MR) is 71.4 cm³/mol. The molecule has 2 rings (SSSR count). The van der Waals surface area contributed by atoms with Gasteiger partial charge in [-0.25, -0.2) is 0 Å². The molecule has 1 saturated heterocycles. The number of rotatable bonds is 4. The monoisotopic (exact) mass is 381 g/mol. The molecule has 1 fully saturated rings. The Morgan fingerprint density at radius 1 is 1.56 bits per heavy atom. The Hall–Kier alpha value is -0.370. The molecule has 0 bridgehead atoms. The fraction of sp³-hybridized carbons (Fsp3) is 0.545. The lowest BCUT2D eigenvalue weighted by atomic mass is 10.2. The molecule has 2 heterocycles. The average molecular weight is 383 g/mol. The molecule has 1 N–H and O–H groups in total. The molecule has 1 unspecified atom stereocenters. The smallest absolute Gasteiger partial charge is 0.306 e. The van der Waals surface area contributed by atoms with Crippen LogP contribution in [0.4, 0.5) is 0 Å². The van der Waals surface area contributed by atoms with Crippen LogP contribution in [0.2, 0.25) is 0 Å². The second-order valence-corrected chi connectivity index (χ2v) is 5.73. The van der Waals surface area contributed by atoms with Gasteiger partial charge in [0.2, 0.25) is 0 Å². The predicted octanol–water partition coefficient (Wildman–Crippen LogP) is 2.48. The molecule has 5 nitrogen and oxygen atoms in total. The van der Waals surface area contributed by atoms with E-state index in [-0.39, 0.29) is 12.5 Å². The molecule has 1 aliphatic heterocycles. The van der Waals surface area contributed by atoms with E-state index in [4.69, 9.17) is 14.3 Å². The zero-order valence-corrected chi connectivity index (χ0v) is 12.7. The fourth-order valence-corrected chi connectivity index (χ4v) is 2.59. The molecule has 0 saturated carbocycles. The van der Waals surface area contributed by atoms with Crippen molar-refractivity contribution >= 4 is 37.8 Å². The summed E-state index contributed by atoms with van der Waals surface area (Å²) in [5.74, 6) is 0.00932. The van der Waals surface area contributed by atoms with Crippen molar-refractivity contribution in [3.63, 3.8) is 0 Å². The fourth-order valence-electron chi connectivity index (χ4n) is 1.93. The largest absolute Gasteiger partial charge is 0.481 e. The van der Waals surface area contributed by atoms with E-state index < -0.39 is 5.97 Å². The Kier molecular flexibility index (Phi) is 4.83. The summed E-state index contributed by atoms with van der Waals surface area (Å²) in [5.41, 5.74) is 0. The number of furan rings is 1. The quantitative estimate of drug-likeness (QED) is 0.866. The highest BCUT2D eigenvalue weighted by Crippen LogP contribution is 2.27. The van der Waals surface area contributed by atoms with E-state index in [1.807, 2.05) is 6.07 Å². The van der Waals surface area contributed by atoms with Gasteiger partial charge in [-0.05, 0) is 37.9 Å². The minimum absolute atomic E-state index is 0.0437. The lowest BCUT2D eigenvalue weighted by Gasteiger charge is -2.31. The first-order valence-electron chi connectivity index (χ1n) is 5.54. The van der Waals surface area contributed by atoms with E-state index in [1.54, 1.807) is 0 Å². The molecular formula is C11H13Br2NO4. The first kappa shape index (κ1) is 14.0. The number of carbonyl (C=O) groups is 1. The summed E-state index contributed by atoms with van der Waals surface area (Å²) in [6.45, 7) is 2.61. The highest BCUT2D eigenvalue weighted by atomic mass is 79.9. The Balaban J connectivity index is 1.91. The maximum atomic E-state index is 10.7. The van der Waals surface area contributed by atoms with Gasteiger partial charge in [0.05, 0.1) is 30.1 Å². The minimum Gasteiger partial charge on any atom is -0.481 e. The Labute approximate surface area is 121 Å². The first-order chi connectivity index (χ1) is 8.54. The molecule has 7 heteroatoms. The van der Waals surface area contributed by atoms with Gasteiger partial charge in [-0.15, -0.1) is 0 Å². The maximum Gasteiger partial charge on any atom is 0.306 e. The Bertz CT molecular complexity index is 415. The number of aliphatic carboxylic acids is 1. The highest BCUT2D eigenvalue weighted by molar-refractivity contribution is 9.13. The van der Waals surface area contributed by atoms with Crippen molar-refractivity contribution in [3.8, 4) is 0 Å². The van der Waals surface area contributed by atoms with Gasteiger partial charge in [0.25, 0.3) is 0 Å². The molecule has 0 spiro atoms. The van der Waals surface area contributed by atoms with Gasteiger partial charge < -0.3 is 14.3 Å². The molecule has 1 aromatic heterocycles. The van der Waals surface area contributed by atoms with E-state index in [2.05, 4.69) is 36.8 Å². The summed E-state index contributed by atoms with van der Waals surface area (Å²) in [7, 11) is 0. The minimum atomic E-state index is -0.828. The third-order valence-corrected chi connectivity index (χ3v) is 4.41. The van der Waals surface area contributed by atoms with Crippen LogP contribution >= 0.6 is 31.9 Å². The number of carboxylic acids is 1. The normalized spacial score (nSPS) is 21.1. The van der Waals surface area contributed by atoms with Crippen LogP contribution in [0.25, 0.3) is 0 Å². The molecule has 1 atom stereocenters. The van der Waals surface area contributed by atoms with Crippen molar-refractivity contribution < 1.29 is 19.1 Å². The van der Waals surface area contributed by atoms with Crippen LogP contribution in [-0.2, 0) is 16.1 Å². The van der Waals surface area contributed by atoms with E-state index >= 15 is 0 Å². The van der Waals surface area contributed by atoms with Crippen molar-refractivity contribution in [2.75, 3.05) is 19.7 Å². The lowest BCUT2D eigenvalue weighted by Crippen LogP contribution is -2.42. The molecule has 18 heavy (non-hydrogen) atoms.